The maximum absolute atomic E-state index is 11.3. The minimum atomic E-state index is -0.741. The molecule has 0 radical (unpaired) electrons. The quantitative estimate of drug-likeness (QED) is 0.748. The Labute approximate surface area is 121 Å². The van der Waals surface area contributed by atoms with Gasteiger partial charge < -0.3 is 14.8 Å². The van der Waals surface area contributed by atoms with E-state index in [0.29, 0.717) is 41.1 Å². The molecule has 6 heteroatoms. The van der Waals surface area contributed by atoms with Crippen LogP contribution in [0.3, 0.4) is 0 Å². The number of hydrogen-bond donors (Lipinski definition) is 1. The molecule has 19 heavy (non-hydrogen) atoms. The summed E-state index contributed by atoms with van der Waals surface area (Å²) in [6.45, 7) is 3.23. The number of methoxy groups -OCH3 is 2. The van der Waals surface area contributed by atoms with Gasteiger partial charge in [-0.1, -0.05) is 24.6 Å². The van der Waals surface area contributed by atoms with Crippen LogP contribution in [0.4, 0.5) is 0 Å². The van der Waals surface area contributed by atoms with Gasteiger partial charge in [0, 0.05) is 35.4 Å². The molecule has 1 aromatic rings. The molecule has 1 N–H and O–H groups in total. The van der Waals surface area contributed by atoms with Crippen LogP contribution in [0, 0.1) is 0 Å². The zero-order valence-electron chi connectivity index (χ0n) is 11.5. The molecular formula is C13H20ClNO3S. The molecule has 1 rings (SSSR count). The van der Waals surface area contributed by atoms with E-state index in [2.05, 4.69) is 5.32 Å². The van der Waals surface area contributed by atoms with Crippen molar-refractivity contribution in [3.05, 3.63) is 22.7 Å². The van der Waals surface area contributed by atoms with Crippen LogP contribution in [0.15, 0.2) is 12.1 Å². The molecule has 0 bridgehead atoms. The van der Waals surface area contributed by atoms with E-state index in [1.165, 1.54) is 0 Å². The smallest absolute Gasteiger partial charge is 0.179 e. The second-order valence-electron chi connectivity index (χ2n) is 3.88. The van der Waals surface area contributed by atoms with Crippen LogP contribution in [-0.2, 0) is 17.3 Å². The molecule has 0 aliphatic heterocycles. The van der Waals surface area contributed by atoms with Crippen molar-refractivity contribution in [1.29, 1.82) is 0 Å². The first-order chi connectivity index (χ1) is 9.13. The maximum Gasteiger partial charge on any atom is 0.179 e. The molecule has 0 heterocycles. The fourth-order valence-corrected chi connectivity index (χ4v) is 2.58. The first kappa shape index (κ1) is 16.3. The van der Waals surface area contributed by atoms with Gasteiger partial charge in [-0.15, -0.1) is 0 Å². The van der Waals surface area contributed by atoms with E-state index < -0.39 is 10.8 Å². The minimum absolute atomic E-state index is 0.542. The molecule has 0 aliphatic rings. The monoisotopic (exact) mass is 305 g/mol. The summed E-state index contributed by atoms with van der Waals surface area (Å²) >= 11 is 6.26. The van der Waals surface area contributed by atoms with Crippen LogP contribution < -0.4 is 14.8 Å². The summed E-state index contributed by atoms with van der Waals surface area (Å²) in [6.07, 6.45) is 0. The third kappa shape index (κ3) is 4.67. The lowest BCUT2D eigenvalue weighted by molar-refractivity contribution is 0.354. The molecule has 108 valence electrons. The van der Waals surface area contributed by atoms with Crippen molar-refractivity contribution in [3.8, 4) is 11.5 Å². The van der Waals surface area contributed by atoms with Gasteiger partial charge in [0.25, 0.3) is 0 Å². The highest BCUT2D eigenvalue weighted by Crippen LogP contribution is 2.37. The van der Waals surface area contributed by atoms with Crippen molar-refractivity contribution in [2.24, 2.45) is 0 Å². The summed E-state index contributed by atoms with van der Waals surface area (Å²) < 4.78 is 21.7. The molecule has 0 fully saturated rings. The molecule has 0 saturated carbocycles. The lowest BCUT2D eigenvalue weighted by atomic mass is 10.2. The number of nitrogens with one attached hydrogen (secondary N) is 1. The Hall–Kier alpha value is -0.780. The Balaban J connectivity index is 2.62. The summed E-state index contributed by atoms with van der Waals surface area (Å²) in [7, 11) is 2.39. The first-order valence-corrected chi connectivity index (χ1v) is 7.95. The van der Waals surface area contributed by atoms with E-state index in [4.69, 9.17) is 21.1 Å². The predicted molar refractivity (Wildman–Crippen MR) is 79.8 cm³/mol. The standard InChI is InChI=1S/C13H20ClNO3S/c1-4-19(16)8-7-15-9-10-5-6-11(17-2)13(18-3)12(10)14/h5-6,15H,4,7-9H2,1-3H3. The van der Waals surface area contributed by atoms with Crippen molar-refractivity contribution in [2.45, 2.75) is 13.5 Å². The molecule has 0 aromatic heterocycles. The van der Waals surface area contributed by atoms with Crippen molar-refractivity contribution < 1.29 is 13.7 Å². The zero-order valence-corrected chi connectivity index (χ0v) is 13.1. The summed E-state index contributed by atoms with van der Waals surface area (Å²) in [4.78, 5) is 0. The highest BCUT2D eigenvalue weighted by atomic mass is 35.5. The van der Waals surface area contributed by atoms with Crippen LogP contribution in [0.1, 0.15) is 12.5 Å². The Morgan fingerprint density at radius 1 is 1.32 bits per heavy atom. The molecule has 1 atom stereocenters. The number of benzene rings is 1. The molecule has 1 unspecified atom stereocenters. The van der Waals surface area contributed by atoms with Gasteiger partial charge in [0.15, 0.2) is 11.5 Å². The lowest BCUT2D eigenvalue weighted by Gasteiger charge is -2.13. The number of ether oxygens (including phenoxy) is 2. The second-order valence-corrected chi connectivity index (χ2v) is 6.13. The van der Waals surface area contributed by atoms with E-state index in [-0.39, 0.29) is 0 Å². The third-order valence-electron chi connectivity index (χ3n) is 2.71. The van der Waals surface area contributed by atoms with Gasteiger partial charge in [-0.25, -0.2) is 0 Å². The van der Waals surface area contributed by atoms with Gasteiger partial charge in [0.05, 0.1) is 19.2 Å². The van der Waals surface area contributed by atoms with Gasteiger partial charge in [0.1, 0.15) is 0 Å². The molecule has 4 nitrogen and oxygen atoms in total. The first-order valence-electron chi connectivity index (χ1n) is 6.09. The average molecular weight is 306 g/mol. The van der Waals surface area contributed by atoms with Crippen LogP contribution in [-0.4, -0.2) is 36.5 Å². The Morgan fingerprint density at radius 2 is 2.05 bits per heavy atom. The SMILES string of the molecule is CCS(=O)CCNCc1ccc(OC)c(OC)c1Cl. The Kier molecular flexibility index (Phi) is 7.20. The topological polar surface area (TPSA) is 47.6 Å². The minimum Gasteiger partial charge on any atom is -0.493 e. The van der Waals surface area contributed by atoms with Crippen LogP contribution >= 0.6 is 11.6 Å². The van der Waals surface area contributed by atoms with Crippen LogP contribution in [0.2, 0.25) is 5.02 Å². The van der Waals surface area contributed by atoms with Gasteiger partial charge in [-0.3, -0.25) is 4.21 Å². The Bertz CT molecular complexity index is 440. The third-order valence-corrected chi connectivity index (χ3v) is 4.43. The zero-order chi connectivity index (χ0) is 14.3. The van der Waals surface area contributed by atoms with E-state index in [0.717, 1.165) is 5.56 Å². The molecule has 0 aliphatic carbocycles. The summed E-state index contributed by atoms with van der Waals surface area (Å²) in [5.41, 5.74) is 0.932. The fourth-order valence-electron chi connectivity index (χ4n) is 1.62. The summed E-state index contributed by atoms with van der Waals surface area (Å²) in [5, 5.41) is 3.77. The molecule has 1 aromatic carbocycles. The van der Waals surface area contributed by atoms with Gasteiger partial charge in [-0.2, -0.15) is 0 Å². The largest absolute Gasteiger partial charge is 0.493 e. The number of halogens is 1. The van der Waals surface area contributed by atoms with E-state index in [9.17, 15) is 4.21 Å². The summed E-state index contributed by atoms with van der Waals surface area (Å²) in [6, 6.07) is 3.72. The summed E-state index contributed by atoms with van der Waals surface area (Å²) in [5.74, 6) is 2.50. The molecule has 0 spiro atoms. The average Bonchev–Trinajstić information content (AvgIpc) is 2.44. The van der Waals surface area contributed by atoms with E-state index >= 15 is 0 Å². The molecule has 0 saturated heterocycles. The van der Waals surface area contributed by atoms with Crippen molar-refractivity contribution >= 4 is 22.4 Å². The van der Waals surface area contributed by atoms with Gasteiger partial charge in [-0.05, 0) is 11.6 Å². The maximum atomic E-state index is 11.3. The van der Waals surface area contributed by atoms with Gasteiger partial charge in [0.2, 0.25) is 0 Å². The van der Waals surface area contributed by atoms with Crippen molar-refractivity contribution in [3.63, 3.8) is 0 Å². The van der Waals surface area contributed by atoms with Crippen molar-refractivity contribution in [2.75, 3.05) is 32.3 Å². The number of hydrogen-bond acceptors (Lipinski definition) is 4. The Morgan fingerprint density at radius 3 is 2.63 bits per heavy atom. The molecular weight excluding hydrogens is 286 g/mol. The molecule has 0 amide bonds. The second kappa shape index (κ2) is 8.40. The van der Waals surface area contributed by atoms with Crippen molar-refractivity contribution in [1.82, 2.24) is 5.32 Å². The van der Waals surface area contributed by atoms with Crippen LogP contribution in [0.25, 0.3) is 0 Å². The number of rotatable bonds is 8. The van der Waals surface area contributed by atoms with Crippen LogP contribution in [0.5, 0.6) is 11.5 Å². The lowest BCUT2D eigenvalue weighted by Crippen LogP contribution is -2.20. The normalized spacial score (nSPS) is 12.2. The van der Waals surface area contributed by atoms with Gasteiger partial charge >= 0.3 is 0 Å². The highest BCUT2D eigenvalue weighted by Gasteiger charge is 2.12. The fraction of sp³-hybridized carbons (Fsp3) is 0.538. The predicted octanol–water partition coefficient (Wildman–Crippen LogP) is 2.22. The van der Waals surface area contributed by atoms with E-state index in [1.807, 2.05) is 19.1 Å². The highest BCUT2D eigenvalue weighted by molar-refractivity contribution is 7.84. The van der Waals surface area contributed by atoms with E-state index in [1.54, 1.807) is 14.2 Å².